The molecule has 0 saturated heterocycles. The second-order valence-corrected chi connectivity index (χ2v) is 4.36. The monoisotopic (exact) mass is 218 g/mol. The van der Waals surface area contributed by atoms with Crippen LogP contribution in [0.15, 0.2) is 0 Å². The van der Waals surface area contributed by atoms with E-state index in [1.807, 2.05) is 6.92 Å². The van der Waals surface area contributed by atoms with Crippen molar-refractivity contribution in [2.45, 2.75) is 32.8 Å². The number of methoxy groups -OCH3 is 1. The summed E-state index contributed by atoms with van der Waals surface area (Å²) < 4.78 is 9.76. The third-order valence-electron chi connectivity index (χ3n) is 3.26. The van der Waals surface area contributed by atoms with Gasteiger partial charge in [0.1, 0.15) is 0 Å². The van der Waals surface area contributed by atoms with Crippen LogP contribution in [0.2, 0.25) is 0 Å². The summed E-state index contributed by atoms with van der Waals surface area (Å²) in [7, 11) is 1.44. The van der Waals surface area contributed by atoms with Crippen molar-refractivity contribution in [2.75, 3.05) is 7.11 Å². The van der Waals surface area contributed by atoms with E-state index in [4.69, 9.17) is 8.92 Å². The average molecular weight is 218 g/mol. The summed E-state index contributed by atoms with van der Waals surface area (Å²) >= 11 is 3.82. The summed E-state index contributed by atoms with van der Waals surface area (Å²) in [4.78, 5) is 11.4. The minimum atomic E-state index is -0.123. The zero-order valence-electron chi connectivity index (χ0n) is 8.90. The molecule has 1 aliphatic carbocycles. The fourth-order valence-electron chi connectivity index (χ4n) is 2.37. The molecule has 0 aromatic heterocycles. The van der Waals surface area contributed by atoms with Crippen LogP contribution in [0.4, 0.5) is 0 Å². The second kappa shape index (κ2) is 5.03. The van der Waals surface area contributed by atoms with Gasteiger partial charge in [-0.1, -0.05) is 13.8 Å². The molecule has 0 amide bonds. The van der Waals surface area contributed by atoms with Gasteiger partial charge in [-0.25, -0.2) is 0 Å². The molecule has 0 aromatic carbocycles. The van der Waals surface area contributed by atoms with Crippen LogP contribution in [0.25, 0.3) is 0 Å². The molecule has 0 heterocycles. The molecular weight excluding hydrogens is 200 g/mol. The predicted octanol–water partition coefficient (Wildman–Crippen LogP) is 2.07. The lowest BCUT2D eigenvalue weighted by molar-refractivity contribution is -0.147. The summed E-state index contributed by atoms with van der Waals surface area (Å²) in [6, 6.07) is 0. The highest BCUT2D eigenvalue weighted by Crippen LogP contribution is 2.38. The van der Waals surface area contributed by atoms with E-state index in [9.17, 15) is 4.79 Å². The highest BCUT2D eigenvalue weighted by molar-refractivity contribution is 7.75. The molecule has 0 spiro atoms. The molecule has 4 unspecified atom stereocenters. The maximum atomic E-state index is 11.4. The van der Waals surface area contributed by atoms with Crippen LogP contribution in [0.3, 0.4) is 0 Å². The minimum absolute atomic E-state index is 0.0384. The predicted molar refractivity (Wildman–Crippen MR) is 56.9 cm³/mol. The summed E-state index contributed by atoms with van der Waals surface area (Å²) in [6.07, 6.45) is 2.07. The Morgan fingerprint density at radius 1 is 1.50 bits per heavy atom. The number of carbonyl (C=O) groups is 1. The van der Waals surface area contributed by atoms with Crippen LogP contribution in [-0.2, 0) is 13.7 Å². The standard InChI is InChI=1S/C10H18O3S/c1-6-4-8(13-14)5-9(6)7(2)10(11)12-3/h6-9,14H,4-5H2,1-3H3. The Kier molecular flexibility index (Phi) is 4.26. The molecule has 0 aliphatic heterocycles. The van der Waals surface area contributed by atoms with Crippen LogP contribution < -0.4 is 0 Å². The van der Waals surface area contributed by atoms with Crippen molar-refractivity contribution >= 4 is 18.9 Å². The molecule has 0 bridgehead atoms. The first kappa shape index (κ1) is 11.9. The molecule has 0 N–H and O–H groups in total. The Balaban J connectivity index is 2.56. The summed E-state index contributed by atoms with van der Waals surface area (Å²) in [5, 5.41) is 0. The van der Waals surface area contributed by atoms with Gasteiger partial charge >= 0.3 is 5.97 Å². The zero-order valence-corrected chi connectivity index (χ0v) is 9.79. The number of ether oxygens (including phenoxy) is 1. The Hall–Kier alpha value is -0.220. The average Bonchev–Trinajstić information content (AvgIpc) is 2.57. The smallest absolute Gasteiger partial charge is 0.308 e. The molecule has 4 heteroatoms. The lowest BCUT2D eigenvalue weighted by atomic mass is 9.86. The van der Waals surface area contributed by atoms with Crippen molar-refractivity contribution < 1.29 is 13.7 Å². The number of hydrogen-bond acceptors (Lipinski definition) is 4. The van der Waals surface area contributed by atoms with Crippen molar-refractivity contribution in [1.82, 2.24) is 0 Å². The van der Waals surface area contributed by atoms with Gasteiger partial charge in [0.25, 0.3) is 0 Å². The topological polar surface area (TPSA) is 35.5 Å². The van der Waals surface area contributed by atoms with E-state index in [1.165, 1.54) is 7.11 Å². The van der Waals surface area contributed by atoms with Gasteiger partial charge in [-0.2, -0.15) is 0 Å². The van der Waals surface area contributed by atoms with E-state index in [2.05, 4.69) is 19.8 Å². The van der Waals surface area contributed by atoms with E-state index in [0.29, 0.717) is 11.8 Å². The number of esters is 1. The quantitative estimate of drug-likeness (QED) is 0.447. The molecule has 0 aromatic rings. The first-order valence-corrected chi connectivity index (χ1v) is 5.34. The maximum Gasteiger partial charge on any atom is 0.308 e. The Bertz CT molecular complexity index is 208. The summed E-state index contributed by atoms with van der Waals surface area (Å²) in [5.41, 5.74) is 0. The molecule has 1 aliphatic rings. The van der Waals surface area contributed by atoms with E-state index in [-0.39, 0.29) is 18.0 Å². The molecule has 1 fully saturated rings. The van der Waals surface area contributed by atoms with Gasteiger partial charge in [0.2, 0.25) is 0 Å². The highest BCUT2D eigenvalue weighted by atomic mass is 32.1. The van der Waals surface area contributed by atoms with E-state index in [1.54, 1.807) is 0 Å². The van der Waals surface area contributed by atoms with E-state index >= 15 is 0 Å². The van der Waals surface area contributed by atoms with Gasteiger partial charge in [-0.05, 0) is 37.6 Å². The van der Waals surface area contributed by atoms with Gasteiger partial charge in [-0.15, -0.1) is 0 Å². The largest absolute Gasteiger partial charge is 0.469 e. The van der Waals surface area contributed by atoms with Crippen molar-refractivity contribution in [3.05, 3.63) is 0 Å². The fraction of sp³-hybridized carbons (Fsp3) is 0.900. The van der Waals surface area contributed by atoms with Gasteiger partial charge in [0.05, 0.1) is 19.1 Å². The highest BCUT2D eigenvalue weighted by Gasteiger charge is 2.38. The number of rotatable bonds is 3. The Morgan fingerprint density at radius 3 is 2.57 bits per heavy atom. The number of hydrogen-bond donors (Lipinski definition) is 1. The normalized spacial score (nSPS) is 34.1. The van der Waals surface area contributed by atoms with Gasteiger partial charge in [0.15, 0.2) is 0 Å². The Morgan fingerprint density at radius 2 is 2.14 bits per heavy atom. The van der Waals surface area contributed by atoms with Crippen LogP contribution >= 0.6 is 12.9 Å². The first-order chi connectivity index (χ1) is 6.60. The molecule has 14 heavy (non-hydrogen) atoms. The van der Waals surface area contributed by atoms with Gasteiger partial charge < -0.3 is 8.92 Å². The first-order valence-electron chi connectivity index (χ1n) is 4.98. The third kappa shape index (κ3) is 2.42. The van der Waals surface area contributed by atoms with Crippen molar-refractivity contribution in [3.8, 4) is 0 Å². The lowest BCUT2D eigenvalue weighted by Crippen LogP contribution is -2.24. The fourth-order valence-corrected chi connectivity index (χ4v) is 2.54. The van der Waals surface area contributed by atoms with Crippen LogP contribution in [-0.4, -0.2) is 19.2 Å². The SMILES string of the molecule is COC(=O)C(C)C1CC(OS)CC1C. The number of thiol groups is 1. The van der Waals surface area contributed by atoms with Gasteiger partial charge in [0, 0.05) is 0 Å². The van der Waals surface area contributed by atoms with Crippen LogP contribution in [0.5, 0.6) is 0 Å². The zero-order chi connectivity index (χ0) is 10.7. The molecule has 4 atom stereocenters. The minimum Gasteiger partial charge on any atom is -0.469 e. The molecule has 1 rings (SSSR count). The van der Waals surface area contributed by atoms with Crippen LogP contribution in [0.1, 0.15) is 26.7 Å². The van der Waals surface area contributed by atoms with Crippen LogP contribution in [0, 0.1) is 17.8 Å². The third-order valence-corrected chi connectivity index (χ3v) is 3.56. The summed E-state index contributed by atoms with van der Waals surface area (Å²) in [6.45, 7) is 4.07. The summed E-state index contributed by atoms with van der Waals surface area (Å²) in [5.74, 6) is 0.700. The van der Waals surface area contributed by atoms with Crippen molar-refractivity contribution in [3.63, 3.8) is 0 Å². The van der Waals surface area contributed by atoms with Crippen molar-refractivity contribution in [2.24, 2.45) is 17.8 Å². The molecule has 1 saturated carbocycles. The Labute approximate surface area is 90.8 Å². The van der Waals surface area contributed by atoms with E-state index < -0.39 is 0 Å². The van der Waals surface area contributed by atoms with Crippen molar-refractivity contribution in [1.29, 1.82) is 0 Å². The molecule has 0 radical (unpaired) electrons. The number of carbonyl (C=O) groups excluding carboxylic acids is 1. The maximum absolute atomic E-state index is 11.4. The van der Waals surface area contributed by atoms with E-state index in [0.717, 1.165) is 12.8 Å². The molecule has 82 valence electrons. The lowest BCUT2D eigenvalue weighted by Gasteiger charge is -2.20. The molecule has 3 nitrogen and oxygen atoms in total. The molecular formula is C10H18O3S. The van der Waals surface area contributed by atoms with Gasteiger partial charge in [-0.3, -0.25) is 4.79 Å². The second-order valence-electron chi connectivity index (χ2n) is 4.15.